The molecular weight excluding hydrogens is 364 g/mol. The first-order valence-corrected chi connectivity index (χ1v) is 9.72. The standard InChI is InChI=1S/C20H16N2O4S/c1-13-7-9-19-17(11-13)21-20(23)16-12-14(8-10-18(16)26-19)22-27(24,25)15-5-3-2-4-6-15/h2-12,22H,1H3,(H,21,23). The molecule has 7 heteroatoms. The lowest BCUT2D eigenvalue weighted by Crippen LogP contribution is -2.14. The number of nitrogens with one attached hydrogen (secondary N) is 2. The van der Waals surface area contributed by atoms with Crippen LogP contribution in [0.5, 0.6) is 11.5 Å². The van der Waals surface area contributed by atoms with E-state index in [0.29, 0.717) is 17.2 Å². The van der Waals surface area contributed by atoms with E-state index in [1.165, 1.54) is 18.2 Å². The van der Waals surface area contributed by atoms with Gasteiger partial charge in [0, 0.05) is 5.69 Å². The molecule has 0 unspecified atom stereocenters. The number of fused-ring (bicyclic) bond motifs is 2. The minimum absolute atomic E-state index is 0.142. The first-order chi connectivity index (χ1) is 12.9. The number of carbonyl (C=O) groups excluding carboxylic acids is 1. The molecule has 0 atom stereocenters. The molecule has 4 rings (SSSR count). The number of hydrogen-bond acceptors (Lipinski definition) is 4. The molecule has 0 saturated heterocycles. The van der Waals surface area contributed by atoms with Crippen molar-refractivity contribution in [1.29, 1.82) is 0 Å². The van der Waals surface area contributed by atoms with Crippen LogP contribution in [0.2, 0.25) is 0 Å². The molecule has 1 heterocycles. The number of hydrogen-bond donors (Lipinski definition) is 2. The maximum absolute atomic E-state index is 12.6. The van der Waals surface area contributed by atoms with Crippen molar-refractivity contribution in [2.45, 2.75) is 11.8 Å². The fraction of sp³-hybridized carbons (Fsp3) is 0.0500. The Kier molecular flexibility index (Phi) is 4.08. The summed E-state index contributed by atoms with van der Waals surface area (Å²) < 4.78 is 33.3. The molecule has 0 radical (unpaired) electrons. The molecule has 0 spiro atoms. The Hall–Kier alpha value is -3.32. The van der Waals surface area contributed by atoms with Crippen molar-refractivity contribution in [3.05, 3.63) is 77.9 Å². The van der Waals surface area contributed by atoms with Crippen molar-refractivity contribution < 1.29 is 17.9 Å². The molecule has 27 heavy (non-hydrogen) atoms. The topological polar surface area (TPSA) is 84.5 Å². The van der Waals surface area contributed by atoms with Crippen molar-refractivity contribution in [3.63, 3.8) is 0 Å². The largest absolute Gasteiger partial charge is 0.454 e. The number of anilines is 2. The summed E-state index contributed by atoms with van der Waals surface area (Å²) in [5.41, 5.74) is 2.08. The van der Waals surface area contributed by atoms with Crippen molar-refractivity contribution in [1.82, 2.24) is 0 Å². The van der Waals surface area contributed by atoms with Gasteiger partial charge in [0.25, 0.3) is 15.9 Å². The predicted molar refractivity (Wildman–Crippen MR) is 103 cm³/mol. The monoisotopic (exact) mass is 380 g/mol. The van der Waals surface area contributed by atoms with Gasteiger partial charge in [-0.3, -0.25) is 9.52 Å². The van der Waals surface area contributed by atoms with Gasteiger partial charge in [-0.2, -0.15) is 0 Å². The molecule has 2 N–H and O–H groups in total. The van der Waals surface area contributed by atoms with E-state index in [4.69, 9.17) is 4.74 Å². The summed E-state index contributed by atoms with van der Waals surface area (Å²) in [7, 11) is -3.75. The van der Waals surface area contributed by atoms with E-state index >= 15 is 0 Å². The quantitative estimate of drug-likeness (QED) is 0.715. The minimum atomic E-state index is -3.75. The number of aryl methyl sites for hydroxylation is 1. The maximum atomic E-state index is 12.6. The van der Waals surface area contributed by atoms with Gasteiger partial charge in [0.1, 0.15) is 5.75 Å². The van der Waals surface area contributed by atoms with Crippen LogP contribution in [0.3, 0.4) is 0 Å². The molecule has 0 fully saturated rings. The van der Waals surface area contributed by atoms with Crippen molar-refractivity contribution >= 4 is 27.3 Å². The molecule has 3 aromatic rings. The zero-order valence-corrected chi connectivity index (χ0v) is 15.2. The summed E-state index contributed by atoms with van der Waals surface area (Å²) in [5, 5.41) is 2.80. The van der Waals surface area contributed by atoms with E-state index in [1.54, 1.807) is 36.4 Å². The Morgan fingerprint density at radius 3 is 2.44 bits per heavy atom. The second kappa shape index (κ2) is 6.44. The maximum Gasteiger partial charge on any atom is 0.261 e. The van der Waals surface area contributed by atoms with Crippen LogP contribution in [0.4, 0.5) is 11.4 Å². The highest BCUT2D eigenvalue weighted by molar-refractivity contribution is 7.92. The second-order valence-electron chi connectivity index (χ2n) is 6.19. The molecule has 1 aliphatic heterocycles. The molecule has 136 valence electrons. The summed E-state index contributed by atoms with van der Waals surface area (Å²) in [6.07, 6.45) is 0. The van der Waals surface area contributed by atoms with Crippen LogP contribution in [0.25, 0.3) is 0 Å². The van der Waals surface area contributed by atoms with Gasteiger partial charge in [0.2, 0.25) is 0 Å². The molecule has 3 aromatic carbocycles. The Bertz CT molecular complexity index is 1140. The zero-order chi connectivity index (χ0) is 19.0. The number of rotatable bonds is 3. The summed E-state index contributed by atoms with van der Waals surface area (Å²) in [6, 6.07) is 18.1. The summed E-state index contributed by atoms with van der Waals surface area (Å²) in [4.78, 5) is 12.7. The van der Waals surface area contributed by atoms with Crippen molar-refractivity contribution in [2.75, 3.05) is 10.0 Å². The summed E-state index contributed by atoms with van der Waals surface area (Å²) in [6.45, 7) is 1.92. The van der Waals surface area contributed by atoms with Gasteiger partial charge < -0.3 is 10.1 Å². The lowest BCUT2D eigenvalue weighted by molar-refractivity contribution is 0.102. The third-order valence-corrected chi connectivity index (χ3v) is 5.53. The SMILES string of the molecule is Cc1ccc2c(c1)NC(=O)c1cc(NS(=O)(=O)c3ccccc3)ccc1O2. The number of ether oxygens (including phenoxy) is 1. The minimum Gasteiger partial charge on any atom is -0.454 e. The highest BCUT2D eigenvalue weighted by atomic mass is 32.2. The third-order valence-electron chi connectivity index (χ3n) is 4.13. The Labute approximate surface area is 156 Å². The number of sulfonamides is 1. The number of carbonyl (C=O) groups is 1. The average Bonchev–Trinajstić information content (AvgIpc) is 2.78. The smallest absolute Gasteiger partial charge is 0.261 e. The van der Waals surface area contributed by atoms with Gasteiger partial charge in [-0.1, -0.05) is 24.3 Å². The van der Waals surface area contributed by atoms with E-state index in [1.807, 2.05) is 19.1 Å². The van der Waals surface area contributed by atoms with Crippen LogP contribution < -0.4 is 14.8 Å². The molecule has 0 aromatic heterocycles. The highest BCUT2D eigenvalue weighted by Gasteiger charge is 2.22. The first kappa shape index (κ1) is 17.1. The van der Waals surface area contributed by atoms with Gasteiger partial charge >= 0.3 is 0 Å². The molecule has 6 nitrogen and oxygen atoms in total. The highest BCUT2D eigenvalue weighted by Crippen LogP contribution is 2.37. The molecule has 0 bridgehead atoms. The molecule has 0 saturated carbocycles. The van der Waals surface area contributed by atoms with Crippen LogP contribution in [0.1, 0.15) is 15.9 Å². The summed E-state index contributed by atoms with van der Waals surface area (Å²) >= 11 is 0. The molecule has 1 aliphatic rings. The zero-order valence-electron chi connectivity index (χ0n) is 14.4. The van der Waals surface area contributed by atoms with Gasteiger partial charge in [-0.05, 0) is 55.0 Å². The van der Waals surface area contributed by atoms with E-state index in [9.17, 15) is 13.2 Å². The van der Waals surface area contributed by atoms with Crippen molar-refractivity contribution in [2.24, 2.45) is 0 Å². The fourth-order valence-electron chi connectivity index (χ4n) is 2.81. The van der Waals surface area contributed by atoms with Gasteiger partial charge in [-0.15, -0.1) is 0 Å². The predicted octanol–water partition coefficient (Wildman–Crippen LogP) is 4.15. The number of benzene rings is 3. The molecule has 1 amide bonds. The lowest BCUT2D eigenvalue weighted by atomic mass is 10.1. The molecule has 0 aliphatic carbocycles. The van der Waals surface area contributed by atoms with E-state index in [0.717, 1.165) is 5.56 Å². The van der Waals surface area contributed by atoms with Crippen LogP contribution in [0.15, 0.2) is 71.6 Å². The van der Waals surface area contributed by atoms with Crippen LogP contribution >= 0.6 is 0 Å². The molecular formula is C20H16N2O4S. The number of amides is 1. The van der Waals surface area contributed by atoms with Crippen LogP contribution in [-0.2, 0) is 10.0 Å². The third kappa shape index (κ3) is 3.37. The normalized spacial score (nSPS) is 12.9. The van der Waals surface area contributed by atoms with Gasteiger partial charge in [0.05, 0.1) is 16.1 Å². The van der Waals surface area contributed by atoms with E-state index in [2.05, 4.69) is 10.0 Å². The van der Waals surface area contributed by atoms with Crippen LogP contribution in [0, 0.1) is 6.92 Å². The summed E-state index contributed by atoms with van der Waals surface area (Å²) in [5.74, 6) is 0.526. The Morgan fingerprint density at radius 2 is 1.67 bits per heavy atom. The van der Waals surface area contributed by atoms with Crippen LogP contribution in [-0.4, -0.2) is 14.3 Å². The van der Waals surface area contributed by atoms with E-state index < -0.39 is 10.0 Å². The average molecular weight is 380 g/mol. The second-order valence-corrected chi connectivity index (χ2v) is 7.87. The van der Waals surface area contributed by atoms with Crippen molar-refractivity contribution in [3.8, 4) is 11.5 Å². The Balaban J connectivity index is 1.68. The fourth-order valence-corrected chi connectivity index (χ4v) is 3.88. The first-order valence-electron chi connectivity index (χ1n) is 8.24. The van der Waals surface area contributed by atoms with Gasteiger partial charge in [-0.25, -0.2) is 8.42 Å². The van der Waals surface area contributed by atoms with Gasteiger partial charge in [0.15, 0.2) is 5.75 Å². The van der Waals surface area contributed by atoms with E-state index in [-0.39, 0.29) is 22.1 Å². The Morgan fingerprint density at radius 1 is 0.926 bits per heavy atom. The lowest BCUT2D eigenvalue weighted by Gasteiger charge is -2.11.